The minimum Gasteiger partial charge on any atom is -0.462 e. The number of carbonyl (C=O) groups excluding carboxylic acids is 2. The number of esters is 2. The van der Waals surface area contributed by atoms with E-state index in [1.165, 1.54) is 0 Å². The molecule has 0 aromatic carbocycles. The van der Waals surface area contributed by atoms with Crippen LogP contribution in [0.4, 0.5) is 0 Å². The number of fused-ring (bicyclic) bond motifs is 2. The van der Waals surface area contributed by atoms with Gasteiger partial charge >= 0.3 is 11.9 Å². The molecule has 4 atom stereocenters. The molecule has 4 heteroatoms. The van der Waals surface area contributed by atoms with E-state index in [1.807, 2.05) is 0 Å². The zero-order valence-corrected chi connectivity index (χ0v) is 13.6. The van der Waals surface area contributed by atoms with Crippen molar-refractivity contribution in [2.75, 3.05) is 0 Å². The Kier molecular flexibility index (Phi) is 4.16. The fourth-order valence-electron chi connectivity index (χ4n) is 4.96. The highest BCUT2D eigenvalue weighted by atomic mass is 16.6. The minimum absolute atomic E-state index is 0.0668. The predicted octanol–water partition coefficient (Wildman–Crippen LogP) is 3.40. The highest BCUT2D eigenvalue weighted by Gasteiger charge is 2.53. The zero-order valence-electron chi connectivity index (χ0n) is 13.6. The molecule has 0 N–H and O–H groups in total. The molecule has 23 heavy (non-hydrogen) atoms. The van der Waals surface area contributed by atoms with Crippen LogP contribution in [0.2, 0.25) is 0 Å². The van der Waals surface area contributed by atoms with Gasteiger partial charge in [-0.3, -0.25) is 9.59 Å². The van der Waals surface area contributed by atoms with Gasteiger partial charge < -0.3 is 9.47 Å². The van der Waals surface area contributed by atoms with Gasteiger partial charge in [0.05, 0.1) is 11.8 Å². The molecule has 0 heterocycles. The van der Waals surface area contributed by atoms with Crippen molar-refractivity contribution in [3.63, 3.8) is 0 Å². The molecule has 0 amide bonds. The first-order valence-electron chi connectivity index (χ1n) is 9.31. The predicted molar refractivity (Wildman–Crippen MR) is 84.4 cm³/mol. The standard InChI is InChI=1S/C19H26O4/c20-18(22-14-5-1-2-6-14)16-12-9-10-13(11-12)17(16)19(21)23-15-7-3-4-8-15/h9-10,12-17H,1-8,11H2. The Morgan fingerprint density at radius 3 is 1.48 bits per heavy atom. The second-order valence-electron chi connectivity index (χ2n) is 7.69. The van der Waals surface area contributed by atoms with Crippen molar-refractivity contribution in [3.05, 3.63) is 12.2 Å². The number of rotatable bonds is 4. The van der Waals surface area contributed by atoms with Gasteiger partial charge in [0, 0.05) is 0 Å². The van der Waals surface area contributed by atoms with Crippen molar-refractivity contribution < 1.29 is 19.1 Å². The molecule has 0 aliphatic heterocycles. The molecule has 4 aliphatic carbocycles. The van der Waals surface area contributed by atoms with Gasteiger partial charge in [-0.05, 0) is 69.6 Å². The molecular formula is C19H26O4. The average molecular weight is 318 g/mol. The van der Waals surface area contributed by atoms with Crippen LogP contribution in [0.3, 0.4) is 0 Å². The van der Waals surface area contributed by atoms with Gasteiger partial charge in [-0.15, -0.1) is 0 Å². The third-order valence-electron chi connectivity index (χ3n) is 6.17. The Balaban J connectivity index is 1.44. The van der Waals surface area contributed by atoms with Crippen LogP contribution in [-0.2, 0) is 19.1 Å². The van der Waals surface area contributed by atoms with E-state index >= 15 is 0 Å². The third kappa shape index (κ3) is 2.92. The molecule has 2 bridgehead atoms. The summed E-state index contributed by atoms with van der Waals surface area (Å²) in [5, 5.41) is 0. The second kappa shape index (κ2) is 6.29. The summed E-state index contributed by atoms with van der Waals surface area (Å²) in [5.41, 5.74) is 0. The van der Waals surface area contributed by atoms with Crippen LogP contribution >= 0.6 is 0 Å². The van der Waals surface area contributed by atoms with Crippen LogP contribution in [0, 0.1) is 23.7 Å². The third-order valence-corrected chi connectivity index (χ3v) is 6.17. The van der Waals surface area contributed by atoms with Gasteiger partial charge in [-0.1, -0.05) is 12.2 Å². The van der Waals surface area contributed by atoms with E-state index in [0.717, 1.165) is 57.8 Å². The monoisotopic (exact) mass is 318 g/mol. The molecule has 0 aromatic rings. The first kappa shape index (κ1) is 15.2. The number of ether oxygens (including phenoxy) is 2. The second-order valence-corrected chi connectivity index (χ2v) is 7.69. The van der Waals surface area contributed by atoms with Crippen molar-refractivity contribution in [1.29, 1.82) is 0 Å². The molecule has 4 aliphatic rings. The Labute approximate surface area is 137 Å². The lowest BCUT2D eigenvalue weighted by atomic mass is 9.83. The quantitative estimate of drug-likeness (QED) is 0.589. The number of carbonyl (C=O) groups is 2. The van der Waals surface area contributed by atoms with Crippen molar-refractivity contribution in [3.8, 4) is 0 Å². The maximum Gasteiger partial charge on any atom is 0.310 e. The van der Waals surface area contributed by atoms with Gasteiger partial charge in [0.1, 0.15) is 12.2 Å². The first-order valence-corrected chi connectivity index (χ1v) is 9.31. The van der Waals surface area contributed by atoms with E-state index in [1.54, 1.807) is 0 Å². The van der Waals surface area contributed by atoms with Crippen LogP contribution in [0.1, 0.15) is 57.8 Å². The van der Waals surface area contributed by atoms with Crippen LogP contribution in [0.25, 0.3) is 0 Å². The van der Waals surface area contributed by atoms with Crippen molar-refractivity contribution in [2.45, 2.75) is 70.0 Å². The Morgan fingerprint density at radius 2 is 1.09 bits per heavy atom. The smallest absolute Gasteiger partial charge is 0.310 e. The topological polar surface area (TPSA) is 52.6 Å². The summed E-state index contributed by atoms with van der Waals surface area (Å²) in [7, 11) is 0. The van der Waals surface area contributed by atoms with Crippen LogP contribution in [-0.4, -0.2) is 24.1 Å². The molecule has 0 aromatic heterocycles. The molecule has 126 valence electrons. The van der Waals surface area contributed by atoms with Crippen molar-refractivity contribution in [1.82, 2.24) is 0 Å². The highest BCUT2D eigenvalue weighted by Crippen LogP contribution is 2.49. The summed E-state index contributed by atoms with van der Waals surface area (Å²) in [6.45, 7) is 0. The summed E-state index contributed by atoms with van der Waals surface area (Å²) >= 11 is 0. The van der Waals surface area contributed by atoms with E-state index in [2.05, 4.69) is 12.2 Å². The molecule has 0 radical (unpaired) electrons. The van der Waals surface area contributed by atoms with Gasteiger partial charge in [0.15, 0.2) is 0 Å². The lowest BCUT2D eigenvalue weighted by molar-refractivity contribution is -0.167. The molecule has 0 spiro atoms. The first-order chi connectivity index (χ1) is 11.2. The summed E-state index contributed by atoms with van der Waals surface area (Å²) in [4.78, 5) is 25.4. The normalized spacial score (nSPS) is 36.7. The Hall–Kier alpha value is -1.32. The largest absolute Gasteiger partial charge is 0.462 e. The van der Waals surface area contributed by atoms with Gasteiger partial charge in [-0.25, -0.2) is 0 Å². The van der Waals surface area contributed by atoms with Crippen molar-refractivity contribution in [2.24, 2.45) is 23.7 Å². The number of hydrogen-bond acceptors (Lipinski definition) is 4. The SMILES string of the molecule is O=C(OC1CCCC1)C1C2C=CC(C2)C1C(=O)OC1CCCC1. The Bertz CT molecular complexity index is 455. The van der Waals surface area contributed by atoms with Gasteiger partial charge in [-0.2, -0.15) is 0 Å². The fourth-order valence-corrected chi connectivity index (χ4v) is 4.96. The molecule has 4 unspecified atom stereocenters. The van der Waals surface area contributed by atoms with E-state index in [4.69, 9.17) is 9.47 Å². The number of allylic oxidation sites excluding steroid dienone is 2. The van der Waals surface area contributed by atoms with E-state index in [9.17, 15) is 9.59 Å². The molecule has 0 saturated heterocycles. The maximum atomic E-state index is 12.7. The summed E-state index contributed by atoms with van der Waals surface area (Å²) in [5.74, 6) is -0.645. The average Bonchev–Trinajstić information content (AvgIpc) is 3.30. The maximum absolute atomic E-state index is 12.7. The molecule has 4 nitrogen and oxygen atoms in total. The van der Waals surface area contributed by atoms with Crippen LogP contribution in [0.15, 0.2) is 12.2 Å². The van der Waals surface area contributed by atoms with Crippen LogP contribution in [0.5, 0.6) is 0 Å². The lowest BCUT2D eigenvalue weighted by Gasteiger charge is -2.27. The molecular weight excluding hydrogens is 292 g/mol. The number of hydrogen-bond donors (Lipinski definition) is 0. The van der Waals surface area contributed by atoms with E-state index in [0.29, 0.717) is 0 Å². The Morgan fingerprint density at radius 1 is 0.696 bits per heavy atom. The molecule has 4 rings (SSSR count). The van der Waals surface area contributed by atoms with E-state index in [-0.39, 0.29) is 47.8 Å². The minimum atomic E-state index is -0.320. The van der Waals surface area contributed by atoms with Gasteiger partial charge in [0.25, 0.3) is 0 Å². The lowest BCUT2D eigenvalue weighted by Crippen LogP contribution is -2.37. The fraction of sp³-hybridized carbons (Fsp3) is 0.789. The zero-order chi connectivity index (χ0) is 15.8. The van der Waals surface area contributed by atoms with E-state index < -0.39 is 0 Å². The highest BCUT2D eigenvalue weighted by molar-refractivity contribution is 5.84. The van der Waals surface area contributed by atoms with Gasteiger partial charge in [0.2, 0.25) is 0 Å². The van der Waals surface area contributed by atoms with Crippen molar-refractivity contribution >= 4 is 11.9 Å². The molecule has 3 fully saturated rings. The van der Waals surface area contributed by atoms with Crippen LogP contribution < -0.4 is 0 Å². The summed E-state index contributed by atoms with van der Waals surface area (Å²) in [6.07, 6.45) is 13.7. The summed E-state index contributed by atoms with van der Waals surface area (Å²) < 4.78 is 11.4. The summed E-state index contributed by atoms with van der Waals surface area (Å²) in [6, 6.07) is 0. The molecule has 3 saturated carbocycles.